The van der Waals surface area contributed by atoms with Crippen molar-refractivity contribution in [1.29, 1.82) is 0 Å². The lowest BCUT2D eigenvalue weighted by Gasteiger charge is -2.20. The Hall–Kier alpha value is -2.30. The molecule has 24 heavy (non-hydrogen) atoms. The molecule has 0 unspecified atom stereocenters. The van der Waals surface area contributed by atoms with E-state index < -0.39 is 0 Å². The number of hydrogen-bond acceptors (Lipinski definition) is 3. The lowest BCUT2D eigenvalue weighted by atomic mass is 9.87. The monoisotopic (exact) mass is 330 g/mol. The number of ether oxygens (including phenoxy) is 1. The number of amides is 2. The lowest BCUT2D eigenvalue weighted by molar-refractivity contribution is -0.112. The number of anilines is 1. The molecular formula is C19H26N2O3. The average molecular weight is 330 g/mol. The van der Waals surface area contributed by atoms with Crippen molar-refractivity contribution in [2.24, 2.45) is 5.92 Å². The number of benzene rings is 1. The zero-order valence-electron chi connectivity index (χ0n) is 14.9. The van der Waals surface area contributed by atoms with E-state index in [9.17, 15) is 9.59 Å². The highest BCUT2D eigenvalue weighted by molar-refractivity contribution is 6.02. The minimum Gasteiger partial charge on any atom is -0.495 e. The van der Waals surface area contributed by atoms with Crippen molar-refractivity contribution in [3.05, 3.63) is 35.4 Å². The molecule has 1 aromatic rings. The fourth-order valence-electron chi connectivity index (χ4n) is 2.83. The Balaban J connectivity index is 2.15. The van der Waals surface area contributed by atoms with Crippen molar-refractivity contribution in [3.63, 3.8) is 0 Å². The minimum absolute atomic E-state index is 0.118. The Bertz CT molecular complexity index is 640. The standard InChI is InChI=1S/C19H26N2O3/c1-13-5-7-14(8-6-13)11-18(22)20-16-12-15(19(23)21(2)3)9-10-17(16)24-4/h9-13H,5-8H2,1-4H3,(H,20,22). The van der Waals surface area contributed by atoms with Gasteiger partial charge in [-0.1, -0.05) is 12.5 Å². The summed E-state index contributed by atoms with van der Waals surface area (Å²) >= 11 is 0. The molecule has 1 saturated carbocycles. The van der Waals surface area contributed by atoms with E-state index in [1.165, 1.54) is 10.5 Å². The van der Waals surface area contributed by atoms with Crippen LogP contribution in [0.1, 0.15) is 43.0 Å². The largest absolute Gasteiger partial charge is 0.495 e. The second-order valence-corrected chi connectivity index (χ2v) is 6.59. The third kappa shape index (κ3) is 4.60. The van der Waals surface area contributed by atoms with Crippen LogP contribution >= 0.6 is 0 Å². The molecular weight excluding hydrogens is 304 g/mol. The summed E-state index contributed by atoms with van der Waals surface area (Å²) in [5.41, 5.74) is 2.21. The molecule has 1 fully saturated rings. The Morgan fingerprint density at radius 1 is 1.25 bits per heavy atom. The number of methoxy groups -OCH3 is 1. The molecule has 130 valence electrons. The van der Waals surface area contributed by atoms with E-state index >= 15 is 0 Å². The number of allylic oxidation sites excluding steroid dienone is 1. The molecule has 0 heterocycles. The Morgan fingerprint density at radius 3 is 2.50 bits per heavy atom. The maximum atomic E-state index is 12.3. The van der Waals surface area contributed by atoms with Crippen molar-refractivity contribution in [2.45, 2.75) is 32.6 Å². The number of carbonyl (C=O) groups excluding carboxylic acids is 2. The summed E-state index contributed by atoms with van der Waals surface area (Å²) in [5.74, 6) is 0.980. The van der Waals surface area contributed by atoms with Crippen LogP contribution in [0.25, 0.3) is 0 Å². The van der Waals surface area contributed by atoms with Gasteiger partial charge < -0.3 is 15.0 Å². The molecule has 1 aliphatic rings. The minimum atomic E-state index is -0.174. The van der Waals surface area contributed by atoms with Gasteiger partial charge in [-0.15, -0.1) is 0 Å². The van der Waals surface area contributed by atoms with E-state index in [1.807, 2.05) is 0 Å². The van der Waals surface area contributed by atoms with Crippen LogP contribution in [0.3, 0.4) is 0 Å². The lowest BCUT2D eigenvalue weighted by Crippen LogP contribution is -2.22. The summed E-state index contributed by atoms with van der Waals surface area (Å²) in [6.07, 6.45) is 5.91. The van der Waals surface area contributed by atoms with Crippen LogP contribution in [0, 0.1) is 5.92 Å². The molecule has 0 aliphatic heterocycles. The normalized spacial score (nSPS) is 17.2. The van der Waals surface area contributed by atoms with Crippen molar-refractivity contribution >= 4 is 17.5 Å². The van der Waals surface area contributed by atoms with Crippen LogP contribution in [0.2, 0.25) is 0 Å². The second-order valence-electron chi connectivity index (χ2n) is 6.59. The smallest absolute Gasteiger partial charge is 0.253 e. The molecule has 1 N–H and O–H groups in total. The first-order valence-electron chi connectivity index (χ1n) is 8.30. The molecule has 0 saturated heterocycles. The molecule has 0 bridgehead atoms. The van der Waals surface area contributed by atoms with Gasteiger partial charge in [0.05, 0.1) is 12.8 Å². The number of nitrogens with one attached hydrogen (secondary N) is 1. The summed E-state index contributed by atoms with van der Waals surface area (Å²) in [6, 6.07) is 5.04. The molecule has 2 rings (SSSR count). The number of rotatable bonds is 4. The van der Waals surface area contributed by atoms with E-state index in [0.29, 0.717) is 17.0 Å². The first kappa shape index (κ1) is 18.0. The van der Waals surface area contributed by atoms with Crippen molar-refractivity contribution in [3.8, 4) is 5.75 Å². The van der Waals surface area contributed by atoms with Crippen LogP contribution in [-0.4, -0.2) is 37.9 Å². The molecule has 0 aromatic heterocycles. The summed E-state index contributed by atoms with van der Waals surface area (Å²) in [6.45, 7) is 2.25. The van der Waals surface area contributed by atoms with Crippen LogP contribution in [0.4, 0.5) is 5.69 Å². The van der Waals surface area contributed by atoms with Gasteiger partial charge >= 0.3 is 0 Å². The molecule has 5 nitrogen and oxygen atoms in total. The Morgan fingerprint density at radius 2 is 1.92 bits per heavy atom. The van der Waals surface area contributed by atoms with Crippen molar-refractivity contribution in [1.82, 2.24) is 4.90 Å². The maximum Gasteiger partial charge on any atom is 0.253 e. The van der Waals surface area contributed by atoms with Gasteiger partial charge in [-0.3, -0.25) is 9.59 Å². The number of hydrogen-bond donors (Lipinski definition) is 1. The second kappa shape index (κ2) is 7.99. The van der Waals surface area contributed by atoms with Gasteiger partial charge in [-0.05, 0) is 49.8 Å². The quantitative estimate of drug-likeness (QED) is 0.860. The van der Waals surface area contributed by atoms with E-state index in [0.717, 1.165) is 31.6 Å². The summed E-state index contributed by atoms with van der Waals surface area (Å²) in [4.78, 5) is 25.9. The molecule has 2 amide bonds. The maximum absolute atomic E-state index is 12.3. The van der Waals surface area contributed by atoms with E-state index in [4.69, 9.17) is 4.74 Å². The van der Waals surface area contributed by atoms with Gasteiger partial charge in [0, 0.05) is 25.7 Å². The zero-order chi connectivity index (χ0) is 17.7. The molecule has 5 heteroatoms. The molecule has 0 spiro atoms. The topological polar surface area (TPSA) is 58.6 Å². The number of nitrogens with zero attached hydrogens (tertiary/aromatic N) is 1. The molecule has 0 atom stereocenters. The van der Waals surface area contributed by atoms with Gasteiger partial charge in [0.15, 0.2) is 0 Å². The fourth-order valence-corrected chi connectivity index (χ4v) is 2.83. The predicted molar refractivity (Wildman–Crippen MR) is 95.4 cm³/mol. The Labute approximate surface area is 143 Å². The summed E-state index contributed by atoms with van der Waals surface area (Å²) in [5, 5.41) is 2.84. The third-order valence-corrected chi connectivity index (χ3v) is 4.36. The summed E-state index contributed by atoms with van der Waals surface area (Å²) in [7, 11) is 4.93. The highest BCUT2D eigenvalue weighted by atomic mass is 16.5. The first-order valence-corrected chi connectivity index (χ1v) is 8.30. The van der Waals surface area contributed by atoms with Crippen LogP contribution in [0.5, 0.6) is 5.75 Å². The highest BCUT2D eigenvalue weighted by Gasteiger charge is 2.15. The molecule has 1 aliphatic carbocycles. The highest BCUT2D eigenvalue weighted by Crippen LogP contribution is 2.29. The third-order valence-electron chi connectivity index (χ3n) is 4.36. The van der Waals surface area contributed by atoms with Crippen LogP contribution in [0.15, 0.2) is 29.8 Å². The van der Waals surface area contributed by atoms with Crippen molar-refractivity contribution < 1.29 is 14.3 Å². The zero-order valence-corrected chi connectivity index (χ0v) is 14.9. The Kier molecular flexibility index (Phi) is 6.01. The van der Waals surface area contributed by atoms with Gasteiger partial charge in [0.2, 0.25) is 5.91 Å². The van der Waals surface area contributed by atoms with E-state index in [1.54, 1.807) is 45.5 Å². The van der Waals surface area contributed by atoms with Gasteiger partial charge in [-0.25, -0.2) is 0 Å². The predicted octanol–water partition coefficient (Wildman–Crippen LogP) is 3.47. The van der Waals surface area contributed by atoms with Crippen molar-refractivity contribution in [2.75, 3.05) is 26.5 Å². The van der Waals surface area contributed by atoms with Crippen LogP contribution < -0.4 is 10.1 Å². The van der Waals surface area contributed by atoms with Gasteiger partial charge in [0.25, 0.3) is 5.91 Å². The van der Waals surface area contributed by atoms with Gasteiger partial charge in [0.1, 0.15) is 5.75 Å². The van der Waals surface area contributed by atoms with Crippen LogP contribution in [-0.2, 0) is 4.79 Å². The summed E-state index contributed by atoms with van der Waals surface area (Å²) < 4.78 is 5.29. The van der Waals surface area contributed by atoms with Gasteiger partial charge in [-0.2, -0.15) is 0 Å². The molecule has 1 aromatic carbocycles. The number of carbonyl (C=O) groups is 2. The SMILES string of the molecule is COc1ccc(C(=O)N(C)C)cc1NC(=O)C=C1CCC(C)CC1. The molecule has 0 radical (unpaired) electrons. The average Bonchev–Trinajstić information content (AvgIpc) is 2.56. The van der Waals surface area contributed by atoms with E-state index in [-0.39, 0.29) is 11.8 Å². The van der Waals surface area contributed by atoms with E-state index in [2.05, 4.69) is 12.2 Å². The first-order chi connectivity index (χ1) is 11.4. The fraction of sp³-hybridized carbons (Fsp3) is 0.474.